The lowest BCUT2D eigenvalue weighted by molar-refractivity contribution is -0.256. The lowest BCUT2D eigenvalue weighted by Gasteiger charge is -2.15. The molecule has 0 atom stereocenters. The van der Waals surface area contributed by atoms with Crippen molar-refractivity contribution in [1.29, 1.82) is 0 Å². The van der Waals surface area contributed by atoms with Crippen LogP contribution in [-0.4, -0.2) is 11.9 Å². The van der Waals surface area contributed by atoms with Crippen LogP contribution in [0.2, 0.25) is 0 Å². The maximum Gasteiger partial charge on any atom is 0.0736 e. The van der Waals surface area contributed by atoms with Crippen molar-refractivity contribution in [2.24, 2.45) is 0 Å². The Kier molecular flexibility index (Phi) is 3.47. The van der Waals surface area contributed by atoms with Crippen LogP contribution in [0.25, 0.3) is 0 Å². The van der Waals surface area contributed by atoms with E-state index in [-0.39, 0.29) is 22.5 Å². The van der Waals surface area contributed by atoms with Gasteiger partial charge in [0.25, 0.3) is 0 Å². The fourth-order valence-electron chi connectivity index (χ4n) is 1.69. The van der Waals surface area contributed by atoms with E-state index in [0.717, 1.165) is 0 Å². The fraction of sp³-hybridized carbons (Fsp3) is 0. The molecule has 0 spiro atoms. The average molecular weight is 255 g/mol. The van der Waals surface area contributed by atoms with Crippen molar-refractivity contribution >= 4 is 23.3 Å². The quantitative estimate of drug-likeness (QED) is 0.839. The molecule has 19 heavy (non-hydrogen) atoms. The third kappa shape index (κ3) is 2.71. The summed E-state index contributed by atoms with van der Waals surface area (Å²) in [7, 11) is 0. The Labute approximate surface area is 109 Å². The number of aromatic carboxylic acids is 2. The molecule has 0 saturated heterocycles. The van der Waals surface area contributed by atoms with Crippen molar-refractivity contribution in [3.8, 4) is 0 Å². The van der Waals surface area contributed by atoms with E-state index in [9.17, 15) is 19.8 Å². The van der Waals surface area contributed by atoms with E-state index < -0.39 is 11.9 Å². The molecule has 0 aliphatic heterocycles. The molecule has 2 rings (SSSR count). The highest BCUT2D eigenvalue weighted by Crippen LogP contribution is 2.23. The van der Waals surface area contributed by atoms with E-state index in [1.165, 1.54) is 24.3 Å². The van der Waals surface area contributed by atoms with Crippen molar-refractivity contribution in [2.45, 2.75) is 0 Å². The number of para-hydroxylation sites is 2. The van der Waals surface area contributed by atoms with Gasteiger partial charge in [-0.1, -0.05) is 36.4 Å². The van der Waals surface area contributed by atoms with Crippen molar-refractivity contribution < 1.29 is 19.8 Å². The number of carbonyl (C=O) groups excluding carboxylic acids is 2. The fourth-order valence-corrected chi connectivity index (χ4v) is 1.69. The number of carboxylic acids is 2. The summed E-state index contributed by atoms with van der Waals surface area (Å²) in [6, 6.07) is 12.2. The van der Waals surface area contributed by atoms with Crippen LogP contribution in [0.5, 0.6) is 0 Å². The molecule has 0 aliphatic rings. The SMILES string of the molecule is O=C([O-])c1ccccc1Nc1ccccc1C(=O)[O-]. The Balaban J connectivity index is 2.42. The molecule has 2 aromatic rings. The highest BCUT2D eigenvalue weighted by Gasteiger charge is 2.06. The van der Waals surface area contributed by atoms with Crippen LogP contribution in [-0.2, 0) is 0 Å². The molecule has 0 unspecified atom stereocenters. The van der Waals surface area contributed by atoms with Crippen LogP contribution >= 0.6 is 0 Å². The molecule has 0 heterocycles. The molecule has 0 amide bonds. The summed E-state index contributed by atoms with van der Waals surface area (Å²) in [5, 5.41) is 24.7. The highest BCUT2D eigenvalue weighted by atomic mass is 16.4. The molecular formula is C14H9NO4-2. The number of nitrogens with one attached hydrogen (secondary N) is 1. The zero-order valence-corrected chi connectivity index (χ0v) is 9.75. The summed E-state index contributed by atoms with van der Waals surface area (Å²) < 4.78 is 0. The van der Waals surface area contributed by atoms with Gasteiger partial charge in [-0.25, -0.2) is 0 Å². The molecule has 0 aromatic heterocycles. The summed E-state index contributed by atoms with van der Waals surface area (Å²) >= 11 is 0. The number of hydrogen-bond donors (Lipinski definition) is 1. The van der Waals surface area contributed by atoms with Gasteiger partial charge in [0.1, 0.15) is 0 Å². The number of carboxylic acid groups (broad SMARTS) is 2. The molecule has 0 aliphatic carbocycles. The summed E-state index contributed by atoms with van der Waals surface area (Å²) in [6.45, 7) is 0. The second kappa shape index (κ2) is 5.22. The highest BCUT2D eigenvalue weighted by molar-refractivity contribution is 5.97. The largest absolute Gasteiger partial charge is 0.545 e. The first kappa shape index (κ1) is 12.6. The van der Waals surface area contributed by atoms with Crippen molar-refractivity contribution in [3.05, 3.63) is 59.7 Å². The molecule has 2 aromatic carbocycles. The maximum atomic E-state index is 11.0. The zero-order valence-electron chi connectivity index (χ0n) is 9.75. The normalized spacial score (nSPS) is 9.89. The number of hydrogen-bond acceptors (Lipinski definition) is 5. The van der Waals surface area contributed by atoms with Crippen molar-refractivity contribution in [2.75, 3.05) is 5.32 Å². The summed E-state index contributed by atoms with van der Waals surface area (Å²) in [5.41, 5.74) is 0.429. The number of carbonyl (C=O) groups is 2. The van der Waals surface area contributed by atoms with E-state index in [1.807, 2.05) is 0 Å². The number of rotatable bonds is 4. The Morgan fingerprint density at radius 2 is 1.11 bits per heavy atom. The van der Waals surface area contributed by atoms with Gasteiger partial charge in [-0.2, -0.15) is 0 Å². The molecule has 96 valence electrons. The third-order valence-corrected chi connectivity index (χ3v) is 2.56. The minimum Gasteiger partial charge on any atom is -0.545 e. The minimum atomic E-state index is -1.34. The lowest BCUT2D eigenvalue weighted by atomic mass is 10.1. The molecule has 0 fully saturated rings. The van der Waals surface area contributed by atoms with Crippen molar-refractivity contribution in [3.63, 3.8) is 0 Å². The first-order valence-electron chi connectivity index (χ1n) is 5.47. The first-order chi connectivity index (χ1) is 9.09. The minimum absolute atomic E-state index is 0.0457. The van der Waals surface area contributed by atoms with Gasteiger partial charge in [0.15, 0.2) is 0 Å². The van der Waals surface area contributed by atoms with E-state index in [0.29, 0.717) is 0 Å². The Morgan fingerprint density at radius 3 is 1.47 bits per heavy atom. The second-order valence-electron chi connectivity index (χ2n) is 3.79. The third-order valence-electron chi connectivity index (χ3n) is 2.56. The van der Waals surface area contributed by atoms with Crippen LogP contribution in [0.1, 0.15) is 20.7 Å². The number of anilines is 2. The predicted octanol–water partition coefficient (Wildman–Crippen LogP) is 0.157. The second-order valence-corrected chi connectivity index (χ2v) is 3.79. The van der Waals surface area contributed by atoms with Gasteiger partial charge in [-0.05, 0) is 12.1 Å². The van der Waals surface area contributed by atoms with Crippen LogP contribution in [0.3, 0.4) is 0 Å². The van der Waals surface area contributed by atoms with Gasteiger partial charge >= 0.3 is 0 Å². The van der Waals surface area contributed by atoms with Gasteiger partial charge in [0.05, 0.1) is 11.9 Å². The molecule has 5 heteroatoms. The van der Waals surface area contributed by atoms with Crippen LogP contribution < -0.4 is 15.5 Å². The van der Waals surface area contributed by atoms with Gasteiger partial charge in [0.2, 0.25) is 0 Å². The molecule has 5 nitrogen and oxygen atoms in total. The van der Waals surface area contributed by atoms with Crippen molar-refractivity contribution in [1.82, 2.24) is 0 Å². The average Bonchev–Trinajstić information content (AvgIpc) is 2.39. The molecule has 1 N–H and O–H groups in total. The van der Waals surface area contributed by atoms with E-state index in [1.54, 1.807) is 24.3 Å². The summed E-state index contributed by atoms with van der Waals surface area (Å²) in [5.74, 6) is -2.68. The molecule has 0 bridgehead atoms. The summed E-state index contributed by atoms with van der Waals surface area (Å²) in [6.07, 6.45) is 0. The summed E-state index contributed by atoms with van der Waals surface area (Å²) in [4.78, 5) is 21.9. The van der Waals surface area contributed by atoms with Crippen LogP contribution in [0.15, 0.2) is 48.5 Å². The van der Waals surface area contributed by atoms with E-state index in [2.05, 4.69) is 5.32 Å². The maximum absolute atomic E-state index is 11.0. The molecule has 0 radical (unpaired) electrons. The van der Waals surface area contributed by atoms with Gasteiger partial charge in [-0.15, -0.1) is 0 Å². The predicted molar refractivity (Wildman–Crippen MR) is 64.8 cm³/mol. The van der Waals surface area contributed by atoms with Gasteiger partial charge in [-0.3, -0.25) is 0 Å². The Bertz CT molecular complexity index is 581. The standard InChI is InChI=1S/C14H11NO4/c16-13(17)9-5-1-3-7-11(9)15-12-8-4-2-6-10(12)14(18)19/h1-8,15H,(H,16,17)(H,18,19)/p-2. The smallest absolute Gasteiger partial charge is 0.0736 e. The Morgan fingerprint density at radius 1 is 0.737 bits per heavy atom. The Hall–Kier alpha value is -2.82. The van der Waals surface area contributed by atoms with Crippen LogP contribution in [0, 0.1) is 0 Å². The van der Waals surface area contributed by atoms with E-state index in [4.69, 9.17) is 0 Å². The first-order valence-corrected chi connectivity index (χ1v) is 5.47. The lowest BCUT2D eigenvalue weighted by Crippen LogP contribution is -2.24. The van der Waals surface area contributed by atoms with E-state index >= 15 is 0 Å². The monoisotopic (exact) mass is 255 g/mol. The van der Waals surface area contributed by atoms with Gasteiger partial charge < -0.3 is 25.1 Å². The van der Waals surface area contributed by atoms with Crippen LogP contribution in [0.4, 0.5) is 11.4 Å². The molecular weight excluding hydrogens is 246 g/mol. The van der Waals surface area contributed by atoms with Gasteiger partial charge in [0, 0.05) is 22.5 Å². The topological polar surface area (TPSA) is 92.3 Å². The molecule has 0 saturated carbocycles. The zero-order chi connectivity index (χ0) is 13.8. The number of benzene rings is 2.